The van der Waals surface area contributed by atoms with Gasteiger partial charge in [-0.3, -0.25) is 0 Å². The smallest absolute Gasteiger partial charge is 0.0235 e. The van der Waals surface area contributed by atoms with E-state index in [1.807, 2.05) is 0 Å². The number of piperidine rings is 1. The van der Waals surface area contributed by atoms with Gasteiger partial charge in [0.05, 0.1) is 0 Å². The van der Waals surface area contributed by atoms with Gasteiger partial charge >= 0.3 is 0 Å². The molecule has 0 aromatic heterocycles. The number of hydrogen-bond donors (Lipinski definition) is 1. The van der Waals surface area contributed by atoms with Crippen molar-refractivity contribution in [3.8, 4) is 0 Å². The number of rotatable bonds is 4. The molecule has 1 rings (SSSR count). The molecule has 2 nitrogen and oxygen atoms in total. The van der Waals surface area contributed by atoms with Crippen molar-refractivity contribution in [1.29, 1.82) is 0 Å². The molecular formula is C9H19ClN2. The van der Waals surface area contributed by atoms with Gasteiger partial charge < -0.3 is 10.2 Å². The summed E-state index contributed by atoms with van der Waals surface area (Å²) in [7, 11) is 2.19. The summed E-state index contributed by atoms with van der Waals surface area (Å²) in [6.07, 6.45) is 3.74. The Morgan fingerprint density at radius 2 is 2.42 bits per heavy atom. The highest BCUT2D eigenvalue weighted by atomic mass is 35.5. The van der Waals surface area contributed by atoms with E-state index in [0.717, 1.165) is 18.8 Å². The molecule has 0 saturated carbocycles. The maximum absolute atomic E-state index is 5.60. The van der Waals surface area contributed by atoms with Crippen molar-refractivity contribution >= 4 is 11.6 Å². The molecule has 0 aromatic carbocycles. The first kappa shape index (κ1) is 10.3. The minimum absolute atomic E-state index is 0.701. The predicted octanol–water partition coefficient (Wildman–Crippen LogP) is 1.30. The van der Waals surface area contributed by atoms with Gasteiger partial charge in [0, 0.05) is 18.5 Å². The molecule has 1 aliphatic rings. The summed E-state index contributed by atoms with van der Waals surface area (Å²) in [6.45, 7) is 3.53. The molecule has 1 aliphatic heterocycles. The van der Waals surface area contributed by atoms with Gasteiger partial charge in [-0.15, -0.1) is 11.6 Å². The summed E-state index contributed by atoms with van der Waals surface area (Å²) in [5.74, 6) is 0.773. The zero-order valence-electron chi connectivity index (χ0n) is 7.85. The Kier molecular flexibility index (Phi) is 4.96. The summed E-state index contributed by atoms with van der Waals surface area (Å²) in [6, 6.07) is 0.701. The Morgan fingerprint density at radius 1 is 1.58 bits per heavy atom. The van der Waals surface area contributed by atoms with Gasteiger partial charge in [0.1, 0.15) is 0 Å². The van der Waals surface area contributed by atoms with Crippen molar-refractivity contribution in [2.24, 2.45) is 0 Å². The Hall–Kier alpha value is 0.210. The normalized spacial score (nSPS) is 26.0. The average molecular weight is 191 g/mol. The number of nitrogens with one attached hydrogen (secondary N) is 1. The van der Waals surface area contributed by atoms with Crippen LogP contribution in [0.3, 0.4) is 0 Å². The minimum Gasteiger partial charge on any atom is -0.313 e. The fourth-order valence-corrected chi connectivity index (χ4v) is 1.84. The fraction of sp³-hybridized carbons (Fsp3) is 1.00. The quantitative estimate of drug-likeness (QED) is 0.531. The molecule has 1 heterocycles. The van der Waals surface area contributed by atoms with Crippen molar-refractivity contribution in [1.82, 2.24) is 10.2 Å². The van der Waals surface area contributed by atoms with E-state index in [-0.39, 0.29) is 0 Å². The van der Waals surface area contributed by atoms with Gasteiger partial charge in [-0.1, -0.05) is 0 Å². The van der Waals surface area contributed by atoms with Gasteiger partial charge in [-0.05, 0) is 39.4 Å². The number of hydrogen-bond acceptors (Lipinski definition) is 2. The molecule has 1 N–H and O–H groups in total. The highest BCUT2D eigenvalue weighted by Crippen LogP contribution is 2.07. The van der Waals surface area contributed by atoms with Crippen LogP contribution >= 0.6 is 11.6 Å². The van der Waals surface area contributed by atoms with E-state index >= 15 is 0 Å². The third kappa shape index (κ3) is 3.74. The molecule has 72 valence electrons. The number of nitrogens with zero attached hydrogens (tertiary/aromatic N) is 1. The molecule has 0 aromatic rings. The Morgan fingerprint density at radius 3 is 3.08 bits per heavy atom. The second-order valence-electron chi connectivity index (χ2n) is 3.60. The number of alkyl halides is 1. The lowest BCUT2D eigenvalue weighted by molar-refractivity contribution is 0.228. The van der Waals surface area contributed by atoms with Crippen molar-refractivity contribution in [3.05, 3.63) is 0 Å². The molecule has 3 heteroatoms. The number of halogens is 1. The van der Waals surface area contributed by atoms with Crippen molar-refractivity contribution in [2.75, 3.05) is 32.6 Å². The molecule has 1 saturated heterocycles. The van der Waals surface area contributed by atoms with Gasteiger partial charge in [0.2, 0.25) is 0 Å². The monoisotopic (exact) mass is 190 g/mol. The van der Waals surface area contributed by atoms with Crippen molar-refractivity contribution in [3.63, 3.8) is 0 Å². The average Bonchev–Trinajstić information content (AvgIpc) is 2.05. The molecule has 1 atom stereocenters. The Balaban J connectivity index is 2.06. The van der Waals surface area contributed by atoms with Crippen LogP contribution in [0.2, 0.25) is 0 Å². The summed E-state index contributed by atoms with van der Waals surface area (Å²) < 4.78 is 0. The first-order valence-corrected chi connectivity index (χ1v) is 5.34. The molecular weight excluding hydrogens is 172 g/mol. The van der Waals surface area contributed by atoms with E-state index in [0.29, 0.717) is 6.04 Å². The summed E-state index contributed by atoms with van der Waals surface area (Å²) >= 11 is 5.60. The van der Waals surface area contributed by atoms with Crippen LogP contribution in [0.25, 0.3) is 0 Å². The lowest BCUT2D eigenvalue weighted by Crippen LogP contribution is -2.44. The van der Waals surface area contributed by atoms with E-state index < -0.39 is 0 Å². The highest BCUT2D eigenvalue weighted by molar-refractivity contribution is 6.17. The van der Waals surface area contributed by atoms with Gasteiger partial charge in [0.25, 0.3) is 0 Å². The van der Waals surface area contributed by atoms with Crippen LogP contribution in [0.15, 0.2) is 0 Å². The van der Waals surface area contributed by atoms with Crippen LogP contribution in [0.4, 0.5) is 0 Å². The molecule has 1 unspecified atom stereocenters. The first-order chi connectivity index (χ1) is 5.83. The predicted molar refractivity (Wildman–Crippen MR) is 53.9 cm³/mol. The molecule has 0 spiro atoms. The Bertz CT molecular complexity index is 119. The molecule has 1 fully saturated rings. The van der Waals surface area contributed by atoms with E-state index in [2.05, 4.69) is 17.3 Å². The lowest BCUT2D eigenvalue weighted by atomic mass is 10.1. The van der Waals surface area contributed by atoms with Gasteiger partial charge in [0.15, 0.2) is 0 Å². The fourth-order valence-electron chi connectivity index (χ4n) is 1.71. The van der Waals surface area contributed by atoms with Crippen LogP contribution in [0.5, 0.6) is 0 Å². The first-order valence-electron chi connectivity index (χ1n) is 4.81. The van der Waals surface area contributed by atoms with Crippen LogP contribution in [0, 0.1) is 0 Å². The Labute approximate surface area is 80.3 Å². The van der Waals surface area contributed by atoms with Crippen LogP contribution in [-0.4, -0.2) is 43.5 Å². The third-order valence-electron chi connectivity index (χ3n) is 2.37. The topological polar surface area (TPSA) is 15.3 Å². The van der Waals surface area contributed by atoms with Crippen LogP contribution in [-0.2, 0) is 0 Å². The summed E-state index contributed by atoms with van der Waals surface area (Å²) in [4.78, 5) is 2.39. The zero-order valence-corrected chi connectivity index (χ0v) is 8.61. The maximum atomic E-state index is 5.60. The second kappa shape index (κ2) is 5.79. The maximum Gasteiger partial charge on any atom is 0.0235 e. The second-order valence-corrected chi connectivity index (χ2v) is 3.98. The van der Waals surface area contributed by atoms with Crippen LogP contribution in [0.1, 0.15) is 19.3 Å². The van der Waals surface area contributed by atoms with E-state index in [1.54, 1.807) is 0 Å². The van der Waals surface area contributed by atoms with Crippen molar-refractivity contribution < 1.29 is 0 Å². The van der Waals surface area contributed by atoms with E-state index in [1.165, 1.54) is 25.9 Å². The largest absolute Gasteiger partial charge is 0.313 e. The summed E-state index contributed by atoms with van der Waals surface area (Å²) in [5.41, 5.74) is 0. The SMILES string of the molecule is CN1CCCC(NCCCCl)C1. The van der Waals surface area contributed by atoms with Crippen LogP contribution < -0.4 is 5.32 Å². The molecule has 12 heavy (non-hydrogen) atoms. The number of likely N-dealkylation sites (N-methyl/N-ethyl adjacent to an activating group) is 1. The van der Waals surface area contributed by atoms with Gasteiger partial charge in [-0.25, -0.2) is 0 Å². The third-order valence-corrected chi connectivity index (χ3v) is 2.64. The lowest BCUT2D eigenvalue weighted by Gasteiger charge is -2.30. The molecule has 0 radical (unpaired) electrons. The minimum atomic E-state index is 0.701. The van der Waals surface area contributed by atoms with Gasteiger partial charge in [-0.2, -0.15) is 0 Å². The molecule has 0 amide bonds. The molecule has 0 aliphatic carbocycles. The van der Waals surface area contributed by atoms with E-state index in [9.17, 15) is 0 Å². The highest BCUT2D eigenvalue weighted by Gasteiger charge is 2.15. The molecule has 0 bridgehead atoms. The van der Waals surface area contributed by atoms with Crippen molar-refractivity contribution in [2.45, 2.75) is 25.3 Å². The van der Waals surface area contributed by atoms with E-state index in [4.69, 9.17) is 11.6 Å². The number of likely N-dealkylation sites (tertiary alicyclic amines) is 1. The standard InChI is InChI=1S/C9H19ClN2/c1-12-7-2-4-9(8-12)11-6-3-5-10/h9,11H,2-8H2,1H3. The summed E-state index contributed by atoms with van der Waals surface area (Å²) in [5, 5.41) is 3.53. The zero-order chi connectivity index (χ0) is 8.81.